The molecule has 0 unspecified atom stereocenters. The summed E-state index contributed by atoms with van der Waals surface area (Å²) in [5.74, 6) is 0.161. The molecule has 0 atom stereocenters. The van der Waals surface area contributed by atoms with Gasteiger partial charge in [-0.15, -0.1) is 0 Å². The molecule has 254 valence electrons. The number of aromatic nitrogens is 5. The lowest BCUT2D eigenvalue weighted by atomic mass is 9.96. The third-order valence-electron chi connectivity index (χ3n) is 8.46. The number of nitrogen functional groups attached to an aromatic ring is 1. The molecule has 2 aromatic rings. The summed E-state index contributed by atoms with van der Waals surface area (Å²) in [6.45, 7) is 7.05. The Labute approximate surface area is 271 Å². The number of nitrogens with two attached hydrogens (primary N) is 1. The molecule has 3 N–H and O–H groups in total. The fourth-order valence-electron chi connectivity index (χ4n) is 5.79. The molecule has 3 saturated heterocycles. The number of morpholine rings is 1. The second-order valence-corrected chi connectivity index (χ2v) is 11.5. The number of amides is 3. The van der Waals surface area contributed by atoms with Crippen LogP contribution in [-0.2, 0) is 19.1 Å². The second kappa shape index (κ2) is 15.8. The highest BCUT2D eigenvalue weighted by atomic mass is 19.3. The van der Waals surface area contributed by atoms with Crippen LogP contribution in [0.3, 0.4) is 0 Å². The van der Waals surface area contributed by atoms with Gasteiger partial charge in [-0.2, -0.15) is 15.0 Å². The molecule has 3 amide bonds. The number of alkyl halides is 2. The first-order chi connectivity index (χ1) is 22.7. The van der Waals surface area contributed by atoms with Gasteiger partial charge in [0.1, 0.15) is 5.69 Å². The van der Waals surface area contributed by atoms with Gasteiger partial charge >= 0.3 is 0 Å². The van der Waals surface area contributed by atoms with Gasteiger partial charge in [0.05, 0.1) is 18.8 Å². The van der Waals surface area contributed by atoms with Crippen molar-refractivity contribution in [2.24, 2.45) is 5.92 Å². The molecule has 47 heavy (non-hydrogen) atoms. The van der Waals surface area contributed by atoms with Gasteiger partial charge in [0, 0.05) is 77.4 Å². The molecule has 17 heteroatoms. The largest absolute Gasteiger partial charge is 0.378 e. The van der Waals surface area contributed by atoms with E-state index in [1.54, 1.807) is 22.8 Å². The highest BCUT2D eigenvalue weighted by molar-refractivity contribution is 5.88. The maximum atomic E-state index is 13.9. The molecule has 5 heterocycles. The molecule has 2 aromatic heterocycles. The summed E-state index contributed by atoms with van der Waals surface area (Å²) in [5.41, 5.74) is 4.99. The lowest BCUT2D eigenvalue weighted by Gasteiger charge is -2.35. The highest BCUT2D eigenvalue weighted by Crippen LogP contribution is 2.30. The number of nitrogens with one attached hydrogen (secondary N) is 1. The smallest absolute Gasteiger partial charge is 0.281 e. The molecule has 0 saturated carbocycles. The maximum absolute atomic E-state index is 13.9. The van der Waals surface area contributed by atoms with Crippen LogP contribution in [0.1, 0.15) is 44.7 Å². The van der Waals surface area contributed by atoms with Crippen molar-refractivity contribution in [3.8, 4) is 11.4 Å². The van der Waals surface area contributed by atoms with Crippen LogP contribution in [0.15, 0.2) is 18.3 Å². The topological polar surface area (TPSA) is 176 Å². The van der Waals surface area contributed by atoms with E-state index in [1.807, 2.05) is 9.80 Å². The predicted octanol–water partition coefficient (Wildman–Crippen LogP) is 1.04. The SMILES string of the molecule is C/C=C/C(=O)N1CCC(C(=O)NCCCC(=O)N2CCN(c3nc(-c4cnc(N)nc4C(F)F)nc(N4CCOCC4)n3)CC2)CC1. The van der Waals surface area contributed by atoms with Gasteiger partial charge in [0.15, 0.2) is 5.82 Å². The number of carbonyl (C=O) groups is 3. The number of piperidine rings is 1. The Bertz CT molecular complexity index is 1440. The number of hydrogen-bond donors (Lipinski definition) is 2. The maximum Gasteiger partial charge on any atom is 0.281 e. The van der Waals surface area contributed by atoms with E-state index in [4.69, 9.17) is 10.5 Å². The van der Waals surface area contributed by atoms with Crippen LogP contribution in [0.4, 0.5) is 26.6 Å². The minimum Gasteiger partial charge on any atom is -0.378 e. The first-order valence-electron chi connectivity index (χ1n) is 15.9. The van der Waals surface area contributed by atoms with E-state index in [0.717, 1.165) is 0 Å². The number of carbonyl (C=O) groups excluding carboxylic acids is 3. The third kappa shape index (κ3) is 8.64. The molecule has 0 radical (unpaired) electrons. The molecule has 5 rings (SSSR count). The summed E-state index contributed by atoms with van der Waals surface area (Å²) < 4.78 is 33.2. The molecule has 0 bridgehead atoms. The fraction of sp³-hybridized carbons (Fsp3) is 0.600. The van der Waals surface area contributed by atoms with Gasteiger partial charge in [0.2, 0.25) is 35.6 Å². The lowest BCUT2D eigenvalue weighted by molar-refractivity contribution is -0.132. The Kier molecular flexibility index (Phi) is 11.4. The summed E-state index contributed by atoms with van der Waals surface area (Å²) in [6.07, 6.45) is 3.58. The second-order valence-electron chi connectivity index (χ2n) is 11.5. The first-order valence-corrected chi connectivity index (χ1v) is 15.9. The van der Waals surface area contributed by atoms with Crippen molar-refractivity contribution >= 4 is 35.6 Å². The molecule has 3 aliphatic rings. The van der Waals surface area contributed by atoms with Gasteiger partial charge < -0.3 is 35.4 Å². The first kappa shape index (κ1) is 33.8. The third-order valence-corrected chi connectivity index (χ3v) is 8.46. The Morgan fingerprint density at radius 2 is 1.62 bits per heavy atom. The summed E-state index contributed by atoms with van der Waals surface area (Å²) in [7, 11) is 0. The van der Waals surface area contributed by atoms with E-state index in [0.29, 0.717) is 110 Å². The number of ether oxygens (including phenoxy) is 1. The van der Waals surface area contributed by atoms with E-state index < -0.39 is 12.1 Å². The van der Waals surface area contributed by atoms with Crippen LogP contribution in [0.2, 0.25) is 0 Å². The standard InChI is InChI=1S/C30H41F2N11O4/c1-2-4-22(44)40-9-6-20(7-10-40)27(46)34-8-3-5-23(45)41-11-13-42(14-12-41)29-37-26(21-19-35-28(33)36-24(21)25(31)32)38-30(39-29)43-15-17-47-18-16-43/h2,4,19-20,25H,3,5-18H2,1H3,(H,34,46)(H2,33,35,36)/b4-2+. The monoisotopic (exact) mass is 657 g/mol. The Morgan fingerprint density at radius 3 is 2.26 bits per heavy atom. The molecule has 3 aliphatic heterocycles. The quantitative estimate of drug-likeness (QED) is 0.275. The zero-order valence-corrected chi connectivity index (χ0v) is 26.5. The molecule has 0 spiro atoms. The zero-order chi connectivity index (χ0) is 33.3. The number of hydrogen-bond acceptors (Lipinski definition) is 12. The van der Waals surface area contributed by atoms with Gasteiger partial charge in [-0.05, 0) is 32.3 Å². The summed E-state index contributed by atoms with van der Waals surface area (Å²) in [6, 6.07) is 0. The van der Waals surface area contributed by atoms with Crippen molar-refractivity contribution in [1.29, 1.82) is 0 Å². The summed E-state index contributed by atoms with van der Waals surface area (Å²) >= 11 is 0. The molecule has 0 aromatic carbocycles. The minimum absolute atomic E-state index is 0.0133. The van der Waals surface area contributed by atoms with Gasteiger partial charge in [0.25, 0.3) is 6.43 Å². The Morgan fingerprint density at radius 1 is 0.957 bits per heavy atom. The fourth-order valence-corrected chi connectivity index (χ4v) is 5.79. The van der Waals surface area contributed by atoms with Crippen LogP contribution in [0.5, 0.6) is 0 Å². The Hall–Kier alpha value is -4.54. The van der Waals surface area contributed by atoms with Crippen molar-refractivity contribution < 1.29 is 27.9 Å². The number of halogens is 2. The van der Waals surface area contributed by atoms with E-state index in [-0.39, 0.29) is 41.0 Å². The molecule has 3 fully saturated rings. The highest BCUT2D eigenvalue weighted by Gasteiger charge is 2.28. The number of anilines is 3. The van der Waals surface area contributed by atoms with E-state index >= 15 is 0 Å². The molecular weight excluding hydrogens is 616 g/mol. The van der Waals surface area contributed by atoms with Crippen LogP contribution < -0.4 is 20.9 Å². The number of nitrogens with zero attached hydrogens (tertiary/aromatic N) is 9. The van der Waals surface area contributed by atoms with Crippen LogP contribution in [-0.4, -0.2) is 125 Å². The van der Waals surface area contributed by atoms with Gasteiger partial charge in [-0.25, -0.2) is 18.7 Å². The lowest BCUT2D eigenvalue weighted by Crippen LogP contribution is -2.49. The van der Waals surface area contributed by atoms with Crippen molar-refractivity contribution in [2.45, 2.75) is 39.0 Å². The zero-order valence-electron chi connectivity index (χ0n) is 26.5. The van der Waals surface area contributed by atoms with Crippen molar-refractivity contribution in [3.63, 3.8) is 0 Å². The summed E-state index contributed by atoms with van der Waals surface area (Å²) in [4.78, 5) is 66.2. The Balaban J connectivity index is 1.14. The number of likely N-dealkylation sites (tertiary alicyclic amines) is 1. The van der Waals surface area contributed by atoms with E-state index in [9.17, 15) is 23.2 Å². The van der Waals surface area contributed by atoms with Crippen LogP contribution in [0.25, 0.3) is 11.4 Å². The molecule has 0 aliphatic carbocycles. The van der Waals surface area contributed by atoms with Gasteiger partial charge in [-0.1, -0.05) is 6.08 Å². The average molecular weight is 658 g/mol. The number of rotatable bonds is 10. The van der Waals surface area contributed by atoms with E-state index in [2.05, 4.69) is 30.2 Å². The number of piperazine rings is 1. The number of allylic oxidation sites excluding steroid dienone is 1. The summed E-state index contributed by atoms with van der Waals surface area (Å²) in [5, 5.41) is 2.94. The van der Waals surface area contributed by atoms with Crippen molar-refractivity contribution in [1.82, 2.24) is 40.0 Å². The van der Waals surface area contributed by atoms with Crippen LogP contribution >= 0.6 is 0 Å². The van der Waals surface area contributed by atoms with Gasteiger partial charge in [-0.3, -0.25) is 14.4 Å². The van der Waals surface area contributed by atoms with Crippen LogP contribution in [0, 0.1) is 5.92 Å². The van der Waals surface area contributed by atoms with E-state index in [1.165, 1.54) is 12.3 Å². The normalized spacial score (nSPS) is 17.9. The molecule has 15 nitrogen and oxygen atoms in total. The van der Waals surface area contributed by atoms with Crippen molar-refractivity contribution in [2.75, 3.05) is 87.7 Å². The average Bonchev–Trinajstić information content (AvgIpc) is 3.10. The van der Waals surface area contributed by atoms with Crippen molar-refractivity contribution in [3.05, 3.63) is 24.0 Å². The predicted molar refractivity (Wildman–Crippen MR) is 168 cm³/mol. The molecular formula is C30H41F2N11O4. The minimum atomic E-state index is -2.91.